The lowest BCUT2D eigenvalue weighted by Crippen LogP contribution is -2.14. The number of nitrogens with zero attached hydrogens (tertiary/aromatic N) is 3. The number of aromatic nitrogens is 2. The largest absolute Gasteiger partial charge is 0.465 e. The van der Waals surface area contributed by atoms with Crippen LogP contribution in [-0.4, -0.2) is 33.7 Å². The first kappa shape index (κ1) is 20.1. The van der Waals surface area contributed by atoms with E-state index in [1.54, 1.807) is 31.2 Å². The Morgan fingerprint density at radius 3 is 2.69 bits per heavy atom. The van der Waals surface area contributed by atoms with Crippen molar-refractivity contribution in [3.63, 3.8) is 0 Å². The SMILES string of the molecule is COC(=O)c1ccccc1NC(=O)c1ccc(Cn2nc([N+](=O)[O-])c(Cl)c2C)o1. The summed E-state index contributed by atoms with van der Waals surface area (Å²) in [5, 5.41) is 17.3. The zero-order chi connectivity index (χ0) is 21.1. The molecule has 3 rings (SSSR count). The van der Waals surface area contributed by atoms with Crippen molar-refractivity contribution in [2.45, 2.75) is 13.5 Å². The van der Waals surface area contributed by atoms with Gasteiger partial charge in [-0.25, -0.2) is 4.79 Å². The van der Waals surface area contributed by atoms with Gasteiger partial charge in [-0.15, -0.1) is 0 Å². The van der Waals surface area contributed by atoms with Crippen molar-refractivity contribution in [3.05, 3.63) is 74.3 Å². The molecule has 0 radical (unpaired) electrons. The maximum Gasteiger partial charge on any atom is 0.408 e. The molecule has 0 aliphatic carbocycles. The van der Waals surface area contributed by atoms with Crippen LogP contribution in [0.25, 0.3) is 0 Å². The fraction of sp³-hybridized carbons (Fsp3) is 0.167. The molecule has 0 saturated carbocycles. The molecule has 0 fully saturated rings. The highest BCUT2D eigenvalue weighted by Crippen LogP contribution is 2.27. The molecule has 1 amide bonds. The van der Waals surface area contributed by atoms with Gasteiger partial charge in [0.2, 0.25) is 0 Å². The topological polar surface area (TPSA) is 130 Å². The smallest absolute Gasteiger partial charge is 0.408 e. The molecule has 0 spiro atoms. The molecule has 0 saturated heterocycles. The second-order valence-electron chi connectivity index (χ2n) is 5.90. The van der Waals surface area contributed by atoms with Gasteiger partial charge in [0.1, 0.15) is 12.3 Å². The normalized spacial score (nSPS) is 10.6. The number of furan rings is 1. The number of amides is 1. The Hall–Kier alpha value is -3.66. The Bertz CT molecular complexity index is 1100. The van der Waals surface area contributed by atoms with Crippen molar-refractivity contribution in [2.75, 3.05) is 12.4 Å². The van der Waals surface area contributed by atoms with Crippen molar-refractivity contribution >= 4 is 35.0 Å². The number of methoxy groups -OCH3 is 1. The minimum absolute atomic E-state index is 0.00919. The minimum Gasteiger partial charge on any atom is -0.465 e. The Balaban J connectivity index is 1.77. The highest BCUT2D eigenvalue weighted by Gasteiger charge is 2.25. The molecule has 1 N–H and O–H groups in total. The number of anilines is 1. The third kappa shape index (κ3) is 4.11. The highest BCUT2D eigenvalue weighted by atomic mass is 35.5. The highest BCUT2D eigenvalue weighted by molar-refractivity contribution is 6.33. The van der Waals surface area contributed by atoms with Gasteiger partial charge in [0.15, 0.2) is 10.8 Å². The molecule has 150 valence electrons. The molecule has 29 heavy (non-hydrogen) atoms. The fourth-order valence-corrected chi connectivity index (χ4v) is 2.78. The van der Waals surface area contributed by atoms with E-state index in [2.05, 4.69) is 10.4 Å². The molecule has 0 aliphatic heterocycles. The van der Waals surface area contributed by atoms with E-state index >= 15 is 0 Å². The molecule has 3 aromatic rings. The Labute approximate surface area is 169 Å². The number of rotatable bonds is 6. The number of hydrogen-bond acceptors (Lipinski definition) is 7. The summed E-state index contributed by atoms with van der Waals surface area (Å²) in [6, 6.07) is 9.37. The van der Waals surface area contributed by atoms with Gasteiger partial charge in [-0.2, -0.15) is 4.68 Å². The molecule has 11 heteroatoms. The van der Waals surface area contributed by atoms with E-state index in [1.807, 2.05) is 0 Å². The Morgan fingerprint density at radius 2 is 2.03 bits per heavy atom. The van der Waals surface area contributed by atoms with Crippen molar-refractivity contribution in [1.29, 1.82) is 0 Å². The first-order valence-electron chi connectivity index (χ1n) is 8.26. The standard InChI is InChI=1S/C18H15ClN4O6/c1-10-15(19)16(23(26)27)21-22(10)9-11-7-8-14(29-11)17(24)20-13-6-4-3-5-12(13)18(25)28-2/h3-8H,9H2,1-2H3,(H,20,24). The summed E-state index contributed by atoms with van der Waals surface area (Å²) in [6.07, 6.45) is 0. The van der Waals surface area contributed by atoms with Crippen LogP contribution in [0.4, 0.5) is 11.5 Å². The van der Waals surface area contributed by atoms with Gasteiger partial charge in [-0.3, -0.25) is 4.79 Å². The molecule has 2 heterocycles. The third-order valence-electron chi connectivity index (χ3n) is 4.06. The van der Waals surface area contributed by atoms with Gasteiger partial charge >= 0.3 is 11.8 Å². The van der Waals surface area contributed by atoms with Crippen LogP contribution in [0.15, 0.2) is 40.8 Å². The lowest BCUT2D eigenvalue weighted by Gasteiger charge is -2.08. The monoisotopic (exact) mass is 418 g/mol. The molecule has 2 aromatic heterocycles. The van der Waals surface area contributed by atoms with E-state index in [1.165, 1.54) is 23.9 Å². The van der Waals surface area contributed by atoms with Crippen LogP contribution < -0.4 is 5.32 Å². The van der Waals surface area contributed by atoms with Gasteiger partial charge in [0.05, 0.1) is 29.2 Å². The summed E-state index contributed by atoms with van der Waals surface area (Å²) in [5.74, 6) is -1.28. The number of nitrogens with one attached hydrogen (secondary N) is 1. The number of benzene rings is 1. The maximum atomic E-state index is 12.5. The van der Waals surface area contributed by atoms with Crippen LogP contribution in [0.3, 0.4) is 0 Å². The summed E-state index contributed by atoms with van der Waals surface area (Å²) in [6.45, 7) is 1.63. The summed E-state index contributed by atoms with van der Waals surface area (Å²) < 4.78 is 11.5. The van der Waals surface area contributed by atoms with E-state index in [0.29, 0.717) is 11.5 Å². The summed E-state index contributed by atoms with van der Waals surface area (Å²) in [5.41, 5.74) is 0.865. The molecule has 0 atom stereocenters. The molecular weight excluding hydrogens is 404 g/mol. The zero-order valence-electron chi connectivity index (χ0n) is 15.3. The van der Waals surface area contributed by atoms with E-state index in [9.17, 15) is 19.7 Å². The van der Waals surface area contributed by atoms with Crippen LogP contribution in [0.1, 0.15) is 32.4 Å². The Kier molecular flexibility index (Phi) is 5.64. The number of esters is 1. The number of para-hydroxylation sites is 1. The average molecular weight is 419 g/mol. The van der Waals surface area contributed by atoms with Crippen molar-refractivity contribution in [3.8, 4) is 0 Å². The third-order valence-corrected chi connectivity index (χ3v) is 4.50. The summed E-state index contributed by atoms with van der Waals surface area (Å²) in [4.78, 5) is 34.5. The molecule has 0 aliphatic rings. The van der Waals surface area contributed by atoms with Crippen LogP contribution >= 0.6 is 11.6 Å². The van der Waals surface area contributed by atoms with Gasteiger partial charge in [-0.1, -0.05) is 23.7 Å². The van der Waals surface area contributed by atoms with Crippen molar-refractivity contribution in [2.24, 2.45) is 0 Å². The quantitative estimate of drug-likeness (QED) is 0.368. The molecule has 0 unspecified atom stereocenters. The van der Waals surface area contributed by atoms with Crippen LogP contribution in [0.5, 0.6) is 0 Å². The first-order chi connectivity index (χ1) is 13.8. The second kappa shape index (κ2) is 8.15. The molecule has 0 bridgehead atoms. The number of halogens is 1. The summed E-state index contributed by atoms with van der Waals surface area (Å²) >= 11 is 5.92. The maximum absolute atomic E-state index is 12.5. The predicted molar refractivity (Wildman–Crippen MR) is 102 cm³/mol. The van der Waals surface area contributed by atoms with Crippen LogP contribution in [0, 0.1) is 17.0 Å². The van der Waals surface area contributed by atoms with Gasteiger partial charge < -0.3 is 24.6 Å². The van der Waals surface area contributed by atoms with E-state index in [4.69, 9.17) is 20.8 Å². The van der Waals surface area contributed by atoms with Crippen LogP contribution in [-0.2, 0) is 11.3 Å². The average Bonchev–Trinajstić information content (AvgIpc) is 3.28. The van der Waals surface area contributed by atoms with E-state index in [0.717, 1.165) is 0 Å². The van der Waals surface area contributed by atoms with Crippen molar-refractivity contribution in [1.82, 2.24) is 9.78 Å². The molecule has 1 aromatic carbocycles. The number of ether oxygens (including phenoxy) is 1. The molecule has 10 nitrogen and oxygen atoms in total. The Morgan fingerprint density at radius 1 is 1.31 bits per heavy atom. The lowest BCUT2D eigenvalue weighted by atomic mass is 10.2. The number of nitro groups is 1. The number of carbonyl (C=O) groups excluding carboxylic acids is 2. The second-order valence-corrected chi connectivity index (χ2v) is 6.27. The van der Waals surface area contributed by atoms with Crippen molar-refractivity contribution < 1.29 is 23.7 Å². The molecular formula is C18H15ClN4O6. The van der Waals surface area contributed by atoms with E-state index in [-0.39, 0.29) is 28.6 Å². The fourth-order valence-electron chi connectivity index (χ4n) is 2.58. The van der Waals surface area contributed by atoms with Crippen LogP contribution in [0.2, 0.25) is 5.02 Å². The first-order valence-corrected chi connectivity index (χ1v) is 8.64. The predicted octanol–water partition coefficient (Wildman–Crippen LogP) is 3.43. The lowest BCUT2D eigenvalue weighted by molar-refractivity contribution is -0.389. The van der Waals surface area contributed by atoms with Gasteiger partial charge in [-0.05, 0) is 36.1 Å². The number of hydrogen-bond donors (Lipinski definition) is 1. The van der Waals surface area contributed by atoms with Gasteiger partial charge in [0.25, 0.3) is 5.91 Å². The summed E-state index contributed by atoms with van der Waals surface area (Å²) in [7, 11) is 1.24. The number of carbonyl (C=O) groups is 2. The minimum atomic E-state index is -0.675. The zero-order valence-corrected chi connectivity index (χ0v) is 16.1. The van der Waals surface area contributed by atoms with E-state index < -0.39 is 22.6 Å². The van der Waals surface area contributed by atoms with Gasteiger partial charge in [0, 0.05) is 0 Å².